The first-order valence-corrected chi connectivity index (χ1v) is 9.25. The molecule has 0 saturated carbocycles. The molecule has 2 fully saturated rings. The molecule has 0 N–H and O–H groups in total. The van der Waals surface area contributed by atoms with Crippen LogP contribution in [0.3, 0.4) is 0 Å². The summed E-state index contributed by atoms with van der Waals surface area (Å²) in [7, 11) is 2.20. The van der Waals surface area contributed by atoms with Gasteiger partial charge in [-0.1, -0.05) is 0 Å². The number of aromatic nitrogens is 2. The Morgan fingerprint density at radius 3 is 2.80 bits per heavy atom. The molecule has 25 heavy (non-hydrogen) atoms. The molecule has 1 aromatic heterocycles. The number of fused-ring (bicyclic) bond motifs is 1. The summed E-state index contributed by atoms with van der Waals surface area (Å²) in [4.78, 5) is 16.1. The first-order chi connectivity index (χ1) is 12.2. The summed E-state index contributed by atoms with van der Waals surface area (Å²) in [5.74, 6) is 1.37. The molecule has 2 aromatic rings. The minimum atomic E-state index is -0.247. The van der Waals surface area contributed by atoms with Gasteiger partial charge in [0.2, 0.25) is 0 Å². The highest BCUT2D eigenvalue weighted by Gasteiger charge is 2.25. The normalized spacial score (nSPS) is 23.3. The fourth-order valence-electron chi connectivity index (χ4n) is 4.07. The Morgan fingerprint density at radius 1 is 1.12 bits per heavy atom. The topological polar surface area (TPSA) is 35.5 Å². The Morgan fingerprint density at radius 2 is 1.96 bits per heavy atom. The number of benzene rings is 1. The predicted octanol–water partition coefficient (Wildman–Crippen LogP) is 2.23. The van der Waals surface area contributed by atoms with E-state index in [0.717, 1.165) is 24.3 Å². The molecule has 0 bridgehead atoms. The lowest BCUT2D eigenvalue weighted by molar-refractivity contribution is 0.131. The van der Waals surface area contributed by atoms with E-state index in [-0.39, 0.29) is 5.82 Å². The maximum absolute atomic E-state index is 13.5. The van der Waals surface area contributed by atoms with Gasteiger partial charge in [-0.15, -0.1) is 0 Å². The molecule has 4 rings (SSSR count). The molecule has 6 heteroatoms. The van der Waals surface area contributed by atoms with Crippen molar-refractivity contribution in [3.8, 4) is 0 Å². The molecule has 3 heterocycles. The smallest absolute Gasteiger partial charge is 0.139 e. The fraction of sp³-hybridized carbons (Fsp3) is 0.579. The van der Waals surface area contributed by atoms with Crippen LogP contribution in [0.1, 0.15) is 12.8 Å². The predicted molar refractivity (Wildman–Crippen MR) is 98.4 cm³/mol. The molecule has 0 aliphatic carbocycles. The largest absolute Gasteiger partial charge is 0.356 e. The second-order valence-electron chi connectivity index (χ2n) is 7.42. The van der Waals surface area contributed by atoms with E-state index in [1.165, 1.54) is 57.7 Å². The van der Waals surface area contributed by atoms with Crippen LogP contribution in [0.15, 0.2) is 24.5 Å². The van der Waals surface area contributed by atoms with E-state index in [9.17, 15) is 4.39 Å². The standard InChI is InChI=1S/C19H26FN5/c1-23-7-9-24(10-8-23)12-15-3-2-6-25(13-15)19-17-5-4-16(20)11-18(17)21-14-22-19/h4-5,11,14-15H,2-3,6-10,12-13H2,1H3. The molecule has 2 saturated heterocycles. The summed E-state index contributed by atoms with van der Waals surface area (Å²) in [6.45, 7) is 7.88. The summed E-state index contributed by atoms with van der Waals surface area (Å²) in [5.41, 5.74) is 0.686. The van der Waals surface area contributed by atoms with Crippen LogP contribution in [0, 0.1) is 11.7 Å². The second-order valence-corrected chi connectivity index (χ2v) is 7.42. The number of hydrogen-bond acceptors (Lipinski definition) is 5. The van der Waals surface area contributed by atoms with Crippen LogP contribution >= 0.6 is 0 Å². The number of piperazine rings is 1. The number of piperidine rings is 1. The van der Waals surface area contributed by atoms with Gasteiger partial charge in [-0.25, -0.2) is 14.4 Å². The molecule has 1 aromatic carbocycles. The molecule has 1 unspecified atom stereocenters. The highest BCUT2D eigenvalue weighted by molar-refractivity contribution is 5.89. The summed E-state index contributed by atoms with van der Waals surface area (Å²) in [5, 5.41) is 0.948. The van der Waals surface area contributed by atoms with Crippen LogP contribution in [0.2, 0.25) is 0 Å². The van der Waals surface area contributed by atoms with E-state index < -0.39 is 0 Å². The van der Waals surface area contributed by atoms with Gasteiger partial charge < -0.3 is 14.7 Å². The number of anilines is 1. The number of rotatable bonds is 3. The molecule has 2 aliphatic heterocycles. The third kappa shape index (κ3) is 3.75. The highest BCUT2D eigenvalue weighted by Crippen LogP contribution is 2.28. The van der Waals surface area contributed by atoms with Gasteiger partial charge in [0.1, 0.15) is 18.0 Å². The van der Waals surface area contributed by atoms with Gasteiger partial charge in [0.05, 0.1) is 5.52 Å². The quantitative estimate of drug-likeness (QED) is 0.854. The summed E-state index contributed by atoms with van der Waals surface area (Å²) in [6.07, 6.45) is 4.02. The van der Waals surface area contributed by atoms with Crippen LogP contribution in [0.5, 0.6) is 0 Å². The molecule has 2 aliphatic rings. The van der Waals surface area contributed by atoms with Gasteiger partial charge in [0.15, 0.2) is 0 Å². The molecular weight excluding hydrogens is 317 g/mol. The van der Waals surface area contributed by atoms with E-state index in [1.54, 1.807) is 6.33 Å². The van der Waals surface area contributed by atoms with Gasteiger partial charge in [0, 0.05) is 57.3 Å². The van der Waals surface area contributed by atoms with E-state index in [1.807, 2.05) is 6.07 Å². The van der Waals surface area contributed by atoms with Gasteiger partial charge in [-0.3, -0.25) is 0 Å². The average molecular weight is 343 g/mol. The molecule has 0 radical (unpaired) electrons. The van der Waals surface area contributed by atoms with Crippen LogP contribution in [-0.2, 0) is 0 Å². The zero-order valence-electron chi connectivity index (χ0n) is 14.9. The maximum atomic E-state index is 13.5. The van der Waals surface area contributed by atoms with Crippen molar-refractivity contribution < 1.29 is 4.39 Å². The van der Waals surface area contributed by atoms with Crippen molar-refractivity contribution in [2.24, 2.45) is 5.92 Å². The monoisotopic (exact) mass is 343 g/mol. The highest BCUT2D eigenvalue weighted by atomic mass is 19.1. The van der Waals surface area contributed by atoms with Crippen LogP contribution in [0.25, 0.3) is 10.9 Å². The summed E-state index contributed by atoms with van der Waals surface area (Å²) < 4.78 is 13.5. The average Bonchev–Trinajstić information content (AvgIpc) is 2.63. The lowest BCUT2D eigenvalue weighted by Crippen LogP contribution is -2.48. The SMILES string of the molecule is CN1CCN(CC2CCCN(c3ncnc4cc(F)ccc34)C2)CC1. The molecule has 134 valence electrons. The number of likely N-dealkylation sites (N-methyl/N-ethyl adjacent to an activating group) is 1. The number of nitrogens with zero attached hydrogens (tertiary/aromatic N) is 5. The van der Waals surface area contributed by atoms with Gasteiger partial charge in [-0.05, 0) is 37.9 Å². The summed E-state index contributed by atoms with van der Waals surface area (Å²) in [6, 6.07) is 4.80. The third-order valence-electron chi connectivity index (χ3n) is 5.51. The lowest BCUT2D eigenvalue weighted by Gasteiger charge is -2.39. The zero-order valence-corrected chi connectivity index (χ0v) is 14.9. The number of halogens is 1. The van der Waals surface area contributed by atoms with E-state index in [0.29, 0.717) is 11.4 Å². The third-order valence-corrected chi connectivity index (χ3v) is 5.51. The Kier molecular flexibility index (Phi) is 4.81. The Balaban J connectivity index is 1.48. The minimum absolute atomic E-state index is 0.247. The molecular formula is C19H26FN5. The zero-order chi connectivity index (χ0) is 17.2. The van der Waals surface area contributed by atoms with Crippen molar-refractivity contribution in [1.82, 2.24) is 19.8 Å². The minimum Gasteiger partial charge on any atom is -0.356 e. The van der Waals surface area contributed by atoms with Crippen molar-refractivity contribution in [1.29, 1.82) is 0 Å². The van der Waals surface area contributed by atoms with Crippen molar-refractivity contribution in [2.75, 3.05) is 57.8 Å². The van der Waals surface area contributed by atoms with Gasteiger partial charge >= 0.3 is 0 Å². The first kappa shape index (κ1) is 16.7. The van der Waals surface area contributed by atoms with E-state index in [4.69, 9.17) is 0 Å². The maximum Gasteiger partial charge on any atom is 0.139 e. The Hall–Kier alpha value is -1.79. The first-order valence-electron chi connectivity index (χ1n) is 9.25. The Bertz CT molecular complexity index is 729. The Labute approximate surface area is 148 Å². The molecule has 0 amide bonds. The fourth-order valence-corrected chi connectivity index (χ4v) is 4.07. The van der Waals surface area contributed by atoms with E-state index in [2.05, 4.69) is 31.7 Å². The molecule has 0 spiro atoms. The van der Waals surface area contributed by atoms with Crippen molar-refractivity contribution in [3.63, 3.8) is 0 Å². The van der Waals surface area contributed by atoms with Crippen LogP contribution in [-0.4, -0.2) is 72.6 Å². The van der Waals surface area contributed by atoms with E-state index >= 15 is 0 Å². The lowest BCUT2D eigenvalue weighted by atomic mass is 9.96. The van der Waals surface area contributed by atoms with Crippen molar-refractivity contribution >= 4 is 16.7 Å². The number of hydrogen-bond donors (Lipinski definition) is 0. The summed E-state index contributed by atoms with van der Waals surface area (Å²) >= 11 is 0. The second kappa shape index (κ2) is 7.22. The molecule has 5 nitrogen and oxygen atoms in total. The van der Waals surface area contributed by atoms with Crippen LogP contribution < -0.4 is 4.90 Å². The van der Waals surface area contributed by atoms with Gasteiger partial charge in [-0.2, -0.15) is 0 Å². The molecule has 1 atom stereocenters. The van der Waals surface area contributed by atoms with Crippen molar-refractivity contribution in [3.05, 3.63) is 30.3 Å². The van der Waals surface area contributed by atoms with Gasteiger partial charge in [0.25, 0.3) is 0 Å². The van der Waals surface area contributed by atoms with Crippen LogP contribution in [0.4, 0.5) is 10.2 Å². The van der Waals surface area contributed by atoms with Crippen molar-refractivity contribution in [2.45, 2.75) is 12.8 Å².